The highest BCUT2D eigenvalue weighted by molar-refractivity contribution is 6.30. The predicted octanol–water partition coefficient (Wildman–Crippen LogP) is 4.08. The van der Waals surface area contributed by atoms with Gasteiger partial charge in [0.2, 0.25) is 0 Å². The van der Waals surface area contributed by atoms with Gasteiger partial charge in [0, 0.05) is 30.2 Å². The van der Waals surface area contributed by atoms with Crippen molar-refractivity contribution in [2.75, 3.05) is 20.7 Å². The van der Waals surface area contributed by atoms with E-state index in [1.54, 1.807) is 38.4 Å². The van der Waals surface area contributed by atoms with Crippen LogP contribution in [0.3, 0.4) is 0 Å². The average Bonchev–Trinajstić information content (AvgIpc) is 3.26. The minimum absolute atomic E-state index is 0.0715. The number of halogens is 1. The standard InChI is InChI=1S/C23H25ClN4O3/c1-4-18(17-10-5-6-11-21(17)31-14-22(29)28(2)3)25-23(30)20-13-19(26-27-20)15-8-7-9-16(24)12-15/h5-13,18H,4,14H2,1-3H3,(H,25,30)(H,26,27). The quantitative estimate of drug-likeness (QED) is 0.552. The van der Waals surface area contributed by atoms with Crippen LogP contribution < -0.4 is 10.1 Å². The second kappa shape index (κ2) is 10.1. The van der Waals surface area contributed by atoms with Crippen molar-refractivity contribution in [3.8, 4) is 17.0 Å². The normalized spacial score (nSPS) is 11.6. The minimum atomic E-state index is -0.295. The number of carbonyl (C=O) groups excluding carboxylic acids is 2. The molecule has 162 valence electrons. The van der Waals surface area contributed by atoms with Crippen molar-refractivity contribution in [1.82, 2.24) is 20.4 Å². The fraction of sp³-hybridized carbons (Fsp3) is 0.261. The van der Waals surface area contributed by atoms with Crippen LogP contribution in [0.15, 0.2) is 54.6 Å². The van der Waals surface area contributed by atoms with Gasteiger partial charge < -0.3 is 15.0 Å². The number of amides is 2. The summed E-state index contributed by atoms with van der Waals surface area (Å²) in [5, 5.41) is 10.6. The van der Waals surface area contributed by atoms with Crippen LogP contribution in [0.4, 0.5) is 0 Å². The fourth-order valence-electron chi connectivity index (χ4n) is 3.04. The molecule has 8 heteroatoms. The first-order valence-corrected chi connectivity index (χ1v) is 10.3. The topological polar surface area (TPSA) is 87.3 Å². The number of hydrogen-bond donors (Lipinski definition) is 2. The summed E-state index contributed by atoms with van der Waals surface area (Å²) < 4.78 is 5.73. The summed E-state index contributed by atoms with van der Waals surface area (Å²) in [6, 6.07) is 16.0. The van der Waals surface area contributed by atoms with Gasteiger partial charge in [-0.3, -0.25) is 14.7 Å². The van der Waals surface area contributed by atoms with Gasteiger partial charge in [-0.25, -0.2) is 0 Å². The molecule has 0 aliphatic heterocycles. The zero-order valence-electron chi connectivity index (χ0n) is 17.7. The van der Waals surface area contributed by atoms with Gasteiger partial charge in [0.25, 0.3) is 11.8 Å². The highest BCUT2D eigenvalue weighted by Gasteiger charge is 2.20. The molecule has 0 saturated carbocycles. The summed E-state index contributed by atoms with van der Waals surface area (Å²) in [4.78, 5) is 26.2. The van der Waals surface area contributed by atoms with Crippen LogP contribution in [0, 0.1) is 0 Å². The molecular formula is C23H25ClN4O3. The average molecular weight is 441 g/mol. The van der Waals surface area contributed by atoms with Crippen molar-refractivity contribution < 1.29 is 14.3 Å². The summed E-state index contributed by atoms with van der Waals surface area (Å²) in [6.45, 7) is 1.90. The van der Waals surface area contributed by atoms with Gasteiger partial charge in [-0.1, -0.05) is 48.9 Å². The van der Waals surface area contributed by atoms with Crippen molar-refractivity contribution in [3.63, 3.8) is 0 Å². The molecule has 0 fully saturated rings. The zero-order chi connectivity index (χ0) is 22.4. The first kappa shape index (κ1) is 22.4. The third kappa shape index (κ3) is 5.64. The van der Waals surface area contributed by atoms with E-state index in [2.05, 4.69) is 15.5 Å². The first-order valence-electron chi connectivity index (χ1n) is 9.93. The second-order valence-electron chi connectivity index (χ2n) is 7.23. The number of benzene rings is 2. The monoisotopic (exact) mass is 440 g/mol. The van der Waals surface area contributed by atoms with Crippen LogP contribution in [0.5, 0.6) is 5.75 Å². The Morgan fingerprint density at radius 1 is 1.16 bits per heavy atom. The Kier molecular flexibility index (Phi) is 7.31. The van der Waals surface area contributed by atoms with Crippen molar-refractivity contribution >= 4 is 23.4 Å². The maximum atomic E-state index is 12.9. The molecule has 0 aliphatic carbocycles. The molecule has 7 nitrogen and oxygen atoms in total. The van der Waals surface area contributed by atoms with Gasteiger partial charge in [-0.05, 0) is 30.7 Å². The van der Waals surface area contributed by atoms with E-state index in [4.69, 9.17) is 16.3 Å². The van der Waals surface area contributed by atoms with E-state index >= 15 is 0 Å². The van der Waals surface area contributed by atoms with Crippen LogP contribution in [-0.2, 0) is 4.79 Å². The molecule has 3 rings (SSSR count). The van der Waals surface area contributed by atoms with Crippen LogP contribution in [0.2, 0.25) is 5.02 Å². The summed E-state index contributed by atoms with van der Waals surface area (Å²) in [5.41, 5.74) is 2.60. The lowest BCUT2D eigenvalue weighted by molar-refractivity contribution is -0.130. The predicted molar refractivity (Wildman–Crippen MR) is 120 cm³/mol. The molecule has 0 saturated heterocycles. The molecular weight excluding hydrogens is 416 g/mol. The van der Waals surface area contributed by atoms with Crippen molar-refractivity contribution in [3.05, 3.63) is 70.9 Å². The molecule has 2 N–H and O–H groups in total. The summed E-state index contributed by atoms with van der Waals surface area (Å²) in [6.07, 6.45) is 0.642. The number of aromatic nitrogens is 2. The number of hydrogen-bond acceptors (Lipinski definition) is 4. The number of para-hydroxylation sites is 1. The molecule has 0 aliphatic rings. The Bertz CT molecular complexity index is 1060. The molecule has 1 atom stereocenters. The van der Waals surface area contributed by atoms with Gasteiger partial charge in [-0.15, -0.1) is 0 Å². The smallest absolute Gasteiger partial charge is 0.269 e. The van der Waals surface area contributed by atoms with Crippen LogP contribution in [0.1, 0.15) is 35.4 Å². The van der Waals surface area contributed by atoms with Gasteiger partial charge in [-0.2, -0.15) is 5.10 Å². The first-order chi connectivity index (χ1) is 14.9. The lowest BCUT2D eigenvalue weighted by atomic mass is 10.0. The van der Waals surface area contributed by atoms with Crippen molar-refractivity contribution in [2.24, 2.45) is 0 Å². The number of ether oxygens (including phenoxy) is 1. The van der Waals surface area contributed by atoms with Gasteiger partial charge >= 0.3 is 0 Å². The highest BCUT2D eigenvalue weighted by atomic mass is 35.5. The van der Waals surface area contributed by atoms with E-state index < -0.39 is 0 Å². The van der Waals surface area contributed by atoms with Crippen LogP contribution in [-0.4, -0.2) is 47.6 Å². The number of nitrogens with one attached hydrogen (secondary N) is 2. The third-order valence-electron chi connectivity index (χ3n) is 4.80. The molecule has 1 aromatic heterocycles. The van der Waals surface area contributed by atoms with Gasteiger partial charge in [0.15, 0.2) is 6.61 Å². The van der Waals surface area contributed by atoms with Crippen LogP contribution >= 0.6 is 11.6 Å². The van der Waals surface area contributed by atoms with E-state index in [0.29, 0.717) is 28.6 Å². The van der Waals surface area contributed by atoms with Crippen molar-refractivity contribution in [2.45, 2.75) is 19.4 Å². The van der Waals surface area contributed by atoms with Crippen molar-refractivity contribution in [1.29, 1.82) is 0 Å². The number of rotatable bonds is 8. The lowest BCUT2D eigenvalue weighted by Gasteiger charge is -2.21. The summed E-state index contributed by atoms with van der Waals surface area (Å²) >= 11 is 6.04. The molecule has 1 heterocycles. The van der Waals surface area contributed by atoms with E-state index in [1.165, 1.54) is 4.90 Å². The maximum Gasteiger partial charge on any atom is 0.269 e. The molecule has 0 bridgehead atoms. The van der Waals surface area contributed by atoms with E-state index in [1.807, 2.05) is 37.3 Å². The molecule has 3 aromatic rings. The molecule has 31 heavy (non-hydrogen) atoms. The fourth-order valence-corrected chi connectivity index (χ4v) is 3.23. The molecule has 1 unspecified atom stereocenters. The van der Waals surface area contributed by atoms with Gasteiger partial charge in [0.1, 0.15) is 11.4 Å². The SMILES string of the molecule is CCC(NC(=O)c1cc(-c2cccc(Cl)c2)n[nH]1)c1ccccc1OCC(=O)N(C)C. The summed E-state index contributed by atoms with van der Waals surface area (Å²) in [7, 11) is 3.35. The zero-order valence-corrected chi connectivity index (χ0v) is 18.4. The maximum absolute atomic E-state index is 12.9. The Hall–Kier alpha value is -3.32. The largest absolute Gasteiger partial charge is 0.483 e. The van der Waals surface area contributed by atoms with E-state index in [9.17, 15) is 9.59 Å². The Balaban J connectivity index is 1.74. The minimum Gasteiger partial charge on any atom is -0.483 e. The molecule has 0 radical (unpaired) electrons. The number of aromatic amines is 1. The second-order valence-corrected chi connectivity index (χ2v) is 7.66. The molecule has 2 aromatic carbocycles. The number of H-pyrrole nitrogens is 1. The lowest BCUT2D eigenvalue weighted by Crippen LogP contribution is -2.30. The Morgan fingerprint density at radius 2 is 1.94 bits per heavy atom. The highest BCUT2D eigenvalue weighted by Crippen LogP contribution is 2.28. The van der Waals surface area contributed by atoms with E-state index in [0.717, 1.165) is 11.1 Å². The van der Waals surface area contributed by atoms with E-state index in [-0.39, 0.29) is 24.5 Å². The van der Waals surface area contributed by atoms with Gasteiger partial charge in [0.05, 0.1) is 11.7 Å². The molecule has 0 spiro atoms. The molecule has 2 amide bonds. The number of nitrogens with zero attached hydrogens (tertiary/aromatic N) is 2. The van der Waals surface area contributed by atoms with Crippen LogP contribution in [0.25, 0.3) is 11.3 Å². The Labute approximate surface area is 186 Å². The third-order valence-corrected chi connectivity index (χ3v) is 5.04. The summed E-state index contributed by atoms with van der Waals surface area (Å²) in [5.74, 6) is 0.138. The Morgan fingerprint density at radius 3 is 2.65 bits per heavy atom. The number of likely N-dealkylation sites (N-methyl/N-ethyl adjacent to an activating group) is 1. The number of carbonyl (C=O) groups is 2.